The second-order valence-corrected chi connectivity index (χ2v) is 6.68. The minimum Gasteiger partial charge on any atom is -0.481 e. The van der Waals surface area contributed by atoms with Crippen molar-refractivity contribution in [2.45, 2.75) is 11.3 Å². The van der Waals surface area contributed by atoms with E-state index in [1.165, 1.54) is 12.1 Å². The summed E-state index contributed by atoms with van der Waals surface area (Å²) >= 11 is 5.46. The van der Waals surface area contributed by atoms with E-state index >= 15 is 0 Å². The van der Waals surface area contributed by atoms with Crippen LogP contribution in [0.1, 0.15) is 5.56 Å². The lowest BCUT2D eigenvalue weighted by atomic mass is 10.2. The number of sulfonamides is 1. The summed E-state index contributed by atoms with van der Waals surface area (Å²) in [5.74, 6) is -3.37. The molecule has 0 fully saturated rings. The second-order valence-electron chi connectivity index (χ2n) is 4.56. The molecule has 2 rings (SSSR count). The largest absolute Gasteiger partial charge is 0.481 e. The van der Waals surface area contributed by atoms with E-state index in [1.54, 1.807) is 4.72 Å². The van der Waals surface area contributed by atoms with Crippen LogP contribution in [0.5, 0.6) is 0 Å². The van der Waals surface area contributed by atoms with Crippen LogP contribution in [0.15, 0.2) is 41.3 Å². The molecule has 0 unspecified atom stereocenters. The molecule has 0 bridgehead atoms. The SMILES string of the molecule is O=C(O)Cc1ccc(S(=O)(=O)Nc2c(F)cc(Cl)cc2F)cc1. The third-order valence-electron chi connectivity index (χ3n) is 2.83. The molecule has 2 aromatic rings. The van der Waals surface area contributed by atoms with Crippen LogP contribution in [0.2, 0.25) is 5.02 Å². The van der Waals surface area contributed by atoms with Gasteiger partial charge in [0, 0.05) is 5.02 Å². The Morgan fingerprint density at radius 3 is 2.13 bits per heavy atom. The molecule has 0 saturated carbocycles. The van der Waals surface area contributed by atoms with Crippen LogP contribution in [0.4, 0.5) is 14.5 Å². The number of hydrogen-bond donors (Lipinski definition) is 2. The van der Waals surface area contributed by atoms with Gasteiger partial charge in [-0.15, -0.1) is 0 Å². The topological polar surface area (TPSA) is 83.5 Å². The van der Waals surface area contributed by atoms with Crippen molar-refractivity contribution in [2.75, 3.05) is 4.72 Å². The third kappa shape index (κ3) is 4.17. The van der Waals surface area contributed by atoms with E-state index in [0.29, 0.717) is 5.56 Å². The Kier molecular flexibility index (Phi) is 4.86. The third-order valence-corrected chi connectivity index (χ3v) is 4.42. The maximum absolute atomic E-state index is 13.6. The van der Waals surface area contributed by atoms with Crippen molar-refractivity contribution in [3.05, 3.63) is 58.6 Å². The molecule has 0 spiro atoms. The molecular weight excluding hydrogens is 352 g/mol. The Morgan fingerprint density at radius 1 is 1.13 bits per heavy atom. The quantitative estimate of drug-likeness (QED) is 0.857. The van der Waals surface area contributed by atoms with Crippen molar-refractivity contribution >= 4 is 33.3 Å². The highest BCUT2D eigenvalue weighted by Crippen LogP contribution is 2.26. The van der Waals surface area contributed by atoms with Gasteiger partial charge in [-0.2, -0.15) is 0 Å². The molecule has 0 radical (unpaired) electrons. The molecule has 9 heteroatoms. The van der Waals surface area contributed by atoms with Crippen LogP contribution in [-0.2, 0) is 21.2 Å². The summed E-state index contributed by atoms with van der Waals surface area (Å²) in [7, 11) is -4.24. The highest BCUT2D eigenvalue weighted by molar-refractivity contribution is 7.92. The van der Waals surface area contributed by atoms with Crippen LogP contribution < -0.4 is 4.72 Å². The summed E-state index contributed by atoms with van der Waals surface area (Å²) in [4.78, 5) is 10.3. The summed E-state index contributed by atoms with van der Waals surface area (Å²) in [5.41, 5.74) is -0.454. The van der Waals surface area contributed by atoms with Gasteiger partial charge in [-0.1, -0.05) is 23.7 Å². The fourth-order valence-corrected chi connectivity index (χ4v) is 3.06. The van der Waals surface area contributed by atoms with Gasteiger partial charge in [0.1, 0.15) is 5.69 Å². The number of carboxylic acids is 1. The molecule has 0 aromatic heterocycles. The fraction of sp³-hybridized carbons (Fsp3) is 0.0714. The molecule has 0 aliphatic rings. The molecule has 23 heavy (non-hydrogen) atoms. The van der Waals surface area contributed by atoms with Gasteiger partial charge >= 0.3 is 5.97 Å². The van der Waals surface area contributed by atoms with Crippen LogP contribution in [0.3, 0.4) is 0 Å². The minimum absolute atomic E-state index is 0.207. The lowest BCUT2D eigenvalue weighted by Gasteiger charge is -2.10. The standard InChI is InChI=1S/C14H10ClF2NO4S/c15-9-6-11(16)14(12(17)7-9)18-23(21,22)10-3-1-8(2-4-10)5-13(19)20/h1-4,6-7,18H,5H2,(H,19,20). The molecule has 0 aliphatic heterocycles. The van der Waals surface area contributed by atoms with Crippen LogP contribution in [-0.4, -0.2) is 19.5 Å². The summed E-state index contributed by atoms with van der Waals surface area (Å²) in [5, 5.41) is 8.44. The Hall–Kier alpha value is -2.19. The smallest absolute Gasteiger partial charge is 0.307 e. The van der Waals surface area contributed by atoms with E-state index in [9.17, 15) is 22.0 Å². The first-order valence-corrected chi connectivity index (χ1v) is 8.03. The Labute approximate surface area is 135 Å². The molecular formula is C14H10ClF2NO4S. The number of benzene rings is 2. The van der Waals surface area contributed by atoms with Gasteiger partial charge in [-0.25, -0.2) is 17.2 Å². The molecule has 2 aromatic carbocycles. The predicted molar refractivity (Wildman–Crippen MR) is 80.0 cm³/mol. The van der Waals surface area contributed by atoms with Crippen molar-refractivity contribution in [3.63, 3.8) is 0 Å². The summed E-state index contributed by atoms with van der Waals surface area (Å²) < 4.78 is 53.4. The number of rotatable bonds is 5. The zero-order chi connectivity index (χ0) is 17.2. The molecule has 5 nitrogen and oxygen atoms in total. The predicted octanol–water partition coefficient (Wildman–Crippen LogP) is 3.05. The Balaban J connectivity index is 2.31. The average Bonchev–Trinajstić information content (AvgIpc) is 2.43. The highest BCUT2D eigenvalue weighted by Gasteiger charge is 2.20. The molecule has 0 aliphatic carbocycles. The van der Waals surface area contributed by atoms with Gasteiger partial charge in [-0.05, 0) is 29.8 Å². The van der Waals surface area contributed by atoms with E-state index in [-0.39, 0.29) is 16.3 Å². The highest BCUT2D eigenvalue weighted by atomic mass is 35.5. The van der Waals surface area contributed by atoms with Crippen LogP contribution >= 0.6 is 11.6 Å². The summed E-state index contributed by atoms with van der Waals surface area (Å²) in [6.07, 6.45) is -0.270. The van der Waals surface area contributed by atoms with Gasteiger partial charge in [0.15, 0.2) is 11.6 Å². The van der Waals surface area contributed by atoms with Crippen molar-refractivity contribution < 1.29 is 27.1 Å². The van der Waals surface area contributed by atoms with Gasteiger partial charge in [0.25, 0.3) is 10.0 Å². The van der Waals surface area contributed by atoms with Gasteiger partial charge < -0.3 is 5.11 Å². The van der Waals surface area contributed by atoms with E-state index < -0.39 is 33.3 Å². The molecule has 0 amide bonds. The van der Waals surface area contributed by atoms with Crippen molar-refractivity contribution in [3.8, 4) is 0 Å². The van der Waals surface area contributed by atoms with E-state index in [1.807, 2.05) is 0 Å². The molecule has 0 saturated heterocycles. The molecule has 2 N–H and O–H groups in total. The number of halogens is 3. The van der Waals surface area contributed by atoms with Crippen LogP contribution in [0, 0.1) is 11.6 Å². The first kappa shape index (κ1) is 17.2. The maximum Gasteiger partial charge on any atom is 0.307 e. The fourth-order valence-electron chi connectivity index (χ4n) is 1.79. The van der Waals surface area contributed by atoms with Crippen molar-refractivity contribution in [2.24, 2.45) is 0 Å². The maximum atomic E-state index is 13.6. The van der Waals surface area contributed by atoms with Gasteiger partial charge in [0.2, 0.25) is 0 Å². The first-order valence-electron chi connectivity index (χ1n) is 6.17. The van der Waals surface area contributed by atoms with Crippen molar-refractivity contribution in [1.82, 2.24) is 0 Å². The van der Waals surface area contributed by atoms with Gasteiger partial charge in [0.05, 0.1) is 11.3 Å². The number of hydrogen-bond acceptors (Lipinski definition) is 3. The zero-order valence-corrected chi connectivity index (χ0v) is 13.0. The normalized spacial score (nSPS) is 11.3. The molecule has 0 atom stereocenters. The number of carboxylic acid groups (broad SMARTS) is 1. The average molecular weight is 362 g/mol. The first-order chi connectivity index (χ1) is 10.7. The summed E-state index contributed by atoms with van der Waals surface area (Å²) in [6, 6.07) is 6.45. The Bertz CT molecular complexity index is 831. The summed E-state index contributed by atoms with van der Waals surface area (Å²) in [6.45, 7) is 0. The monoisotopic (exact) mass is 361 g/mol. The van der Waals surface area contributed by atoms with E-state index in [2.05, 4.69) is 0 Å². The van der Waals surface area contributed by atoms with Crippen LogP contribution in [0.25, 0.3) is 0 Å². The number of nitrogens with one attached hydrogen (secondary N) is 1. The lowest BCUT2D eigenvalue weighted by Crippen LogP contribution is -2.15. The lowest BCUT2D eigenvalue weighted by molar-refractivity contribution is -0.136. The number of carbonyl (C=O) groups is 1. The molecule has 0 heterocycles. The van der Waals surface area contributed by atoms with Crippen molar-refractivity contribution in [1.29, 1.82) is 0 Å². The number of anilines is 1. The van der Waals surface area contributed by atoms with E-state index in [4.69, 9.17) is 16.7 Å². The minimum atomic E-state index is -4.24. The molecule has 122 valence electrons. The Morgan fingerprint density at radius 2 is 1.65 bits per heavy atom. The van der Waals surface area contributed by atoms with E-state index in [0.717, 1.165) is 24.3 Å². The van der Waals surface area contributed by atoms with Gasteiger partial charge in [-0.3, -0.25) is 9.52 Å². The second kappa shape index (κ2) is 6.51. The number of aliphatic carboxylic acids is 1. The zero-order valence-electron chi connectivity index (χ0n) is 11.4.